The van der Waals surface area contributed by atoms with Gasteiger partial charge in [-0.15, -0.1) is 0 Å². The zero-order chi connectivity index (χ0) is 26.2. The van der Waals surface area contributed by atoms with Crippen LogP contribution in [0.1, 0.15) is 45.1 Å². The van der Waals surface area contributed by atoms with E-state index in [0.29, 0.717) is 5.92 Å². The van der Waals surface area contributed by atoms with E-state index in [0.717, 1.165) is 17.9 Å². The predicted octanol–water partition coefficient (Wildman–Crippen LogP) is 9.85. The Hall–Kier alpha value is -4.11. The van der Waals surface area contributed by atoms with Crippen molar-refractivity contribution in [2.45, 2.75) is 46.1 Å². The fourth-order valence-electron chi connectivity index (χ4n) is 5.23. The zero-order valence-electron chi connectivity index (χ0n) is 22.5. The van der Waals surface area contributed by atoms with Gasteiger partial charge in [-0.25, -0.2) is 5.01 Å². The molecule has 4 aromatic carbocycles. The van der Waals surface area contributed by atoms with Gasteiger partial charge in [-0.05, 0) is 66.4 Å². The normalized spacial score (nSPS) is 12.7. The maximum Gasteiger partial charge on any atom is 0.0652 e. The van der Waals surface area contributed by atoms with Crippen LogP contribution in [0.5, 0.6) is 0 Å². The van der Waals surface area contributed by atoms with Crippen LogP contribution in [-0.2, 0) is 6.54 Å². The van der Waals surface area contributed by atoms with Crippen molar-refractivity contribution in [1.82, 2.24) is 4.57 Å². The van der Waals surface area contributed by atoms with Gasteiger partial charge in [0.25, 0.3) is 0 Å². The van der Waals surface area contributed by atoms with Gasteiger partial charge in [-0.1, -0.05) is 99.8 Å². The van der Waals surface area contributed by atoms with Gasteiger partial charge in [0.05, 0.1) is 11.4 Å². The average molecular weight is 500 g/mol. The van der Waals surface area contributed by atoms with Crippen molar-refractivity contribution in [2.75, 3.05) is 5.01 Å². The van der Waals surface area contributed by atoms with Gasteiger partial charge < -0.3 is 4.57 Å². The van der Waals surface area contributed by atoms with Crippen LogP contribution in [0, 0.1) is 5.92 Å². The van der Waals surface area contributed by atoms with Crippen molar-refractivity contribution in [3.05, 3.63) is 115 Å². The lowest BCUT2D eigenvalue weighted by Crippen LogP contribution is -2.10. The molecule has 1 heterocycles. The van der Waals surface area contributed by atoms with Crippen LogP contribution in [-0.4, -0.2) is 10.8 Å². The fraction of sp³-hybridized carbons (Fsp3) is 0.229. The Labute approximate surface area is 226 Å². The molecule has 1 aromatic heterocycles. The second-order valence-electron chi connectivity index (χ2n) is 9.93. The quantitative estimate of drug-likeness (QED) is 0.131. The maximum atomic E-state index is 4.78. The third kappa shape index (κ3) is 5.73. The summed E-state index contributed by atoms with van der Waals surface area (Å²) in [4.78, 5) is 0. The average Bonchev–Trinajstić information content (AvgIpc) is 3.28. The molecule has 5 rings (SSSR count). The summed E-state index contributed by atoms with van der Waals surface area (Å²) in [6.07, 6.45) is 11.1. The van der Waals surface area contributed by atoms with Crippen LogP contribution in [0.3, 0.4) is 0 Å². The molecule has 192 valence electrons. The van der Waals surface area contributed by atoms with Gasteiger partial charge in [0.1, 0.15) is 0 Å². The summed E-state index contributed by atoms with van der Waals surface area (Å²) in [5.74, 6) is 0.710. The van der Waals surface area contributed by atoms with E-state index in [-0.39, 0.29) is 0 Å². The van der Waals surface area contributed by atoms with Crippen LogP contribution in [0.2, 0.25) is 0 Å². The molecule has 5 aromatic rings. The minimum atomic E-state index is 0.710. The SMILES string of the molecule is CCCCC(CC)Cn1c2ccccc2c2cc(/C=C/C=N/N(c3ccccc3)c3ccccc3)ccc21. The number of anilines is 2. The third-order valence-electron chi connectivity index (χ3n) is 7.34. The Bertz CT molecular complexity index is 1470. The fourth-order valence-corrected chi connectivity index (χ4v) is 5.23. The van der Waals surface area contributed by atoms with Gasteiger partial charge >= 0.3 is 0 Å². The summed E-state index contributed by atoms with van der Waals surface area (Å²) < 4.78 is 2.54. The molecule has 0 aliphatic carbocycles. The second kappa shape index (κ2) is 12.4. The smallest absolute Gasteiger partial charge is 0.0652 e. The minimum absolute atomic E-state index is 0.710. The first kappa shape index (κ1) is 25.5. The summed E-state index contributed by atoms with van der Waals surface area (Å²) in [6, 6.07) is 36.2. The molecule has 3 heteroatoms. The third-order valence-corrected chi connectivity index (χ3v) is 7.34. The molecular weight excluding hydrogens is 462 g/mol. The summed E-state index contributed by atoms with van der Waals surface area (Å²) in [5, 5.41) is 9.39. The highest BCUT2D eigenvalue weighted by Crippen LogP contribution is 2.32. The van der Waals surface area contributed by atoms with Crippen molar-refractivity contribution in [1.29, 1.82) is 0 Å². The molecule has 1 atom stereocenters. The van der Waals surface area contributed by atoms with Crippen LogP contribution < -0.4 is 5.01 Å². The Kier molecular flexibility index (Phi) is 8.35. The first-order valence-electron chi connectivity index (χ1n) is 13.9. The first-order valence-corrected chi connectivity index (χ1v) is 13.9. The standard InChI is InChI=1S/C35H37N3/c1-3-5-15-28(4-2)27-37-34-22-13-12-21-32(34)33-26-29(23-24-35(33)37)16-14-25-36-38(30-17-8-6-9-18-30)31-19-10-7-11-20-31/h6-14,16-26,28H,3-5,15,27H2,1-2H3/b16-14+,36-25+. The maximum absolute atomic E-state index is 4.78. The summed E-state index contributed by atoms with van der Waals surface area (Å²) in [5.41, 5.74) is 5.90. The van der Waals surface area contributed by atoms with E-state index >= 15 is 0 Å². The van der Waals surface area contributed by atoms with Crippen molar-refractivity contribution in [3.8, 4) is 0 Å². The molecule has 3 nitrogen and oxygen atoms in total. The molecular formula is C35H37N3. The Morgan fingerprint density at radius 1 is 0.763 bits per heavy atom. The molecule has 0 bridgehead atoms. The van der Waals surface area contributed by atoms with E-state index in [4.69, 9.17) is 5.10 Å². The number of hydrogen-bond acceptors (Lipinski definition) is 2. The number of hydrazone groups is 1. The van der Waals surface area contributed by atoms with Crippen molar-refractivity contribution < 1.29 is 0 Å². The molecule has 0 radical (unpaired) electrons. The highest BCUT2D eigenvalue weighted by atomic mass is 15.5. The first-order chi connectivity index (χ1) is 18.8. The number of allylic oxidation sites excluding steroid dienone is 1. The van der Waals surface area contributed by atoms with E-state index in [2.05, 4.69) is 91.2 Å². The van der Waals surface area contributed by atoms with Crippen molar-refractivity contribution >= 4 is 45.5 Å². The number of rotatable bonds is 11. The van der Waals surface area contributed by atoms with E-state index < -0.39 is 0 Å². The number of hydrogen-bond donors (Lipinski definition) is 0. The Morgan fingerprint density at radius 2 is 1.42 bits per heavy atom. The number of para-hydroxylation sites is 3. The molecule has 0 saturated carbocycles. The van der Waals surface area contributed by atoms with Crippen molar-refractivity contribution in [2.24, 2.45) is 11.0 Å². The molecule has 38 heavy (non-hydrogen) atoms. The zero-order valence-corrected chi connectivity index (χ0v) is 22.5. The molecule has 0 amide bonds. The number of aromatic nitrogens is 1. The molecule has 1 unspecified atom stereocenters. The lowest BCUT2D eigenvalue weighted by atomic mass is 9.99. The van der Waals surface area contributed by atoms with Crippen LogP contribution in [0.15, 0.2) is 114 Å². The largest absolute Gasteiger partial charge is 0.340 e. The number of fused-ring (bicyclic) bond motifs is 3. The monoisotopic (exact) mass is 499 g/mol. The molecule has 0 aliphatic heterocycles. The van der Waals surface area contributed by atoms with Crippen LogP contribution in [0.25, 0.3) is 27.9 Å². The highest BCUT2D eigenvalue weighted by molar-refractivity contribution is 6.08. The van der Waals surface area contributed by atoms with Crippen molar-refractivity contribution in [3.63, 3.8) is 0 Å². The van der Waals surface area contributed by atoms with E-state index in [1.54, 1.807) is 0 Å². The lowest BCUT2D eigenvalue weighted by molar-refractivity contribution is 0.401. The minimum Gasteiger partial charge on any atom is -0.340 e. The van der Waals surface area contributed by atoms with Gasteiger partial charge in [-0.2, -0.15) is 5.10 Å². The van der Waals surface area contributed by atoms with E-state index in [9.17, 15) is 0 Å². The second-order valence-corrected chi connectivity index (χ2v) is 9.93. The summed E-state index contributed by atoms with van der Waals surface area (Å²) in [6.45, 7) is 5.69. The Balaban J connectivity index is 1.42. The van der Waals surface area contributed by atoms with Gasteiger partial charge in [-0.3, -0.25) is 0 Å². The molecule has 0 fully saturated rings. The van der Waals surface area contributed by atoms with E-state index in [1.807, 2.05) is 53.7 Å². The van der Waals surface area contributed by atoms with Crippen LogP contribution >= 0.6 is 0 Å². The number of benzene rings is 4. The molecule has 0 spiro atoms. The molecule has 0 saturated heterocycles. The topological polar surface area (TPSA) is 20.5 Å². The Morgan fingerprint density at radius 3 is 2.11 bits per heavy atom. The number of nitrogens with zero attached hydrogens (tertiary/aromatic N) is 3. The van der Waals surface area contributed by atoms with Gasteiger partial charge in [0.15, 0.2) is 0 Å². The molecule has 0 aliphatic rings. The summed E-state index contributed by atoms with van der Waals surface area (Å²) >= 11 is 0. The van der Waals surface area contributed by atoms with E-state index in [1.165, 1.54) is 53.1 Å². The van der Waals surface area contributed by atoms with Gasteiger partial charge in [0.2, 0.25) is 0 Å². The molecule has 0 N–H and O–H groups in total. The highest BCUT2D eigenvalue weighted by Gasteiger charge is 2.14. The summed E-state index contributed by atoms with van der Waals surface area (Å²) in [7, 11) is 0. The predicted molar refractivity (Wildman–Crippen MR) is 165 cm³/mol. The van der Waals surface area contributed by atoms with Crippen LogP contribution in [0.4, 0.5) is 11.4 Å². The lowest BCUT2D eigenvalue weighted by Gasteiger charge is -2.18. The van der Waals surface area contributed by atoms with Gasteiger partial charge in [0, 0.05) is 34.6 Å². The number of unbranched alkanes of at least 4 members (excludes halogenated alkanes) is 1.